The number of hydrogen-bond donors (Lipinski definition) is 2. The molecule has 23 heavy (non-hydrogen) atoms. The first-order chi connectivity index (χ1) is 10.9. The number of nitrogens with one attached hydrogen (secondary N) is 1. The van der Waals surface area contributed by atoms with Crippen LogP contribution in [0.4, 0.5) is 8.78 Å². The molecule has 0 unspecified atom stereocenters. The molecule has 0 aliphatic rings. The van der Waals surface area contributed by atoms with Crippen molar-refractivity contribution in [1.29, 1.82) is 0 Å². The fourth-order valence-electron chi connectivity index (χ4n) is 2.00. The lowest BCUT2D eigenvalue weighted by atomic mass is 10.0. The fraction of sp³-hybridized carbons (Fsp3) is 0.125. The smallest absolute Gasteiger partial charge is 0.252 e. The summed E-state index contributed by atoms with van der Waals surface area (Å²) < 4.78 is 26.1. The third-order valence-electron chi connectivity index (χ3n) is 3.16. The van der Waals surface area contributed by atoms with Crippen molar-refractivity contribution in [2.45, 2.75) is 12.5 Å². The Morgan fingerprint density at radius 2 is 1.87 bits per heavy atom. The molecule has 120 valence electrons. The summed E-state index contributed by atoms with van der Waals surface area (Å²) in [4.78, 5) is 23.6. The van der Waals surface area contributed by atoms with Gasteiger partial charge < -0.3 is 11.1 Å². The summed E-state index contributed by atoms with van der Waals surface area (Å²) >= 11 is 5.86. The summed E-state index contributed by atoms with van der Waals surface area (Å²) in [6.07, 6.45) is 0.130. The minimum absolute atomic E-state index is 0.110. The Balaban J connectivity index is 2.14. The summed E-state index contributed by atoms with van der Waals surface area (Å²) in [6, 6.07) is 8.44. The van der Waals surface area contributed by atoms with Crippen LogP contribution in [0.1, 0.15) is 15.9 Å². The van der Waals surface area contributed by atoms with Gasteiger partial charge in [-0.25, -0.2) is 8.78 Å². The summed E-state index contributed by atoms with van der Waals surface area (Å²) in [7, 11) is 0. The predicted molar refractivity (Wildman–Crippen MR) is 82.0 cm³/mol. The molecular weight excluding hydrogens is 326 g/mol. The number of rotatable bonds is 5. The molecule has 4 nitrogen and oxygen atoms in total. The van der Waals surface area contributed by atoms with Gasteiger partial charge in [-0.2, -0.15) is 0 Å². The van der Waals surface area contributed by atoms with Crippen LogP contribution in [0.2, 0.25) is 5.02 Å². The number of nitrogens with two attached hydrogens (primary N) is 1. The summed E-state index contributed by atoms with van der Waals surface area (Å²) in [5, 5.41) is 2.89. The van der Waals surface area contributed by atoms with Crippen molar-refractivity contribution in [2.75, 3.05) is 0 Å². The Labute approximate surface area is 136 Å². The van der Waals surface area contributed by atoms with E-state index in [2.05, 4.69) is 5.32 Å². The largest absolute Gasteiger partial charge is 0.368 e. The highest BCUT2D eigenvalue weighted by Crippen LogP contribution is 2.13. The topological polar surface area (TPSA) is 72.2 Å². The molecule has 0 saturated heterocycles. The molecule has 2 aromatic rings. The number of halogens is 3. The number of benzene rings is 2. The summed E-state index contributed by atoms with van der Waals surface area (Å²) in [5.41, 5.74) is 5.87. The molecule has 1 atom stereocenters. The van der Waals surface area contributed by atoms with E-state index in [0.717, 1.165) is 18.2 Å². The van der Waals surface area contributed by atoms with E-state index in [1.165, 1.54) is 0 Å². The molecule has 0 heterocycles. The van der Waals surface area contributed by atoms with E-state index in [4.69, 9.17) is 17.3 Å². The molecular formula is C16H13ClF2N2O2. The first-order valence-electron chi connectivity index (χ1n) is 6.66. The van der Waals surface area contributed by atoms with E-state index in [-0.39, 0.29) is 12.0 Å². The van der Waals surface area contributed by atoms with Gasteiger partial charge in [0, 0.05) is 17.0 Å². The lowest BCUT2D eigenvalue weighted by molar-refractivity contribution is -0.119. The van der Waals surface area contributed by atoms with Gasteiger partial charge in [-0.15, -0.1) is 0 Å². The maximum atomic E-state index is 13.2. The summed E-state index contributed by atoms with van der Waals surface area (Å²) in [5.74, 6) is -3.69. The van der Waals surface area contributed by atoms with Crippen LogP contribution >= 0.6 is 11.6 Å². The first-order valence-corrected chi connectivity index (χ1v) is 7.04. The number of carbonyl (C=O) groups excluding carboxylic acids is 2. The summed E-state index contributed by atoms with van der Waals surface area (Å²) in [6.45, 7) is 0. The number of carbonyl (C=O) groups is 2. The van der Waals surface area contributed by atoms with Crippen LogP contribution in [0.25, 0.3) is 0 Å². The highest BCUT2D eigenvalue weighted by Gasteiger charge is 2.20. The van der Waals surface area contributed by atoms with Crippen LogP contribution in [0.3, 0.4) is 0 Å². The third-order valence-corrected chi connectivity index (χ3v) is 3.39. The SMILES string of the molecule is NC(=O)[C@H](Cc1cccc(Cl)c1)NC(=O)c1ccc(F)c(F)c1. The molecule has 0 saturated carbocycles. The monoisotopic (exact) mass is 338 g/mol. The Kier molecular flexibility index (Phi) is 5.28. The molecule has 0 radical (unpaired) electrons. The minimum Gasteiger partial charge on any atom is -0.368 e. The van der Waals surface area contributed by atoms with Crippen molar-refractivity contribution in [3.05, 3.63) is 70.2 Å². The van der Waals surface area contributed by atoms with Crippen LogP contribution in [-0.4, -0.2) is 17.9 Å². The first kappa shape index (κ1) is 16.9. The Morgan fingerprint density at radius 1 is 1.13 bits per heavy atom. The average Bonchev–Trinajstić information content (AvgIpc) is 2.49. The molecule has 0 fully saturated rings. The van der Waals surface area contributed by atoms with Crippen LogP contribution in [-0.2, 0) is 11.2 Å². The molecule has 0 spiro atoms. The minimum atomic E-state index is -1.15. The van der Waals surface area contributed by atoms with E-state index in [9.17, 15) is 18.4 Å². The molecule has 0 bridgehead atoms. The number of amides is 2. The van der Waals surface area contributed by atoms with Crippen molar-refractivity contribution >= 4 is 23.4 Å². The predicted octanol–water partition coefficient (Wildman–Crippen LogP) is 2.44. The molecule has 0 aliphatic heterocycles. The Hall–Kier alpha value is -2.47. The van der Waals surface area contributed by atoms with Crippen LogP contribution in [0.15, 0.2) is 42.5 Å². The molecule has 0 aliphatic carbocycles. The van der Waals surface area contributed by atoms with Gasteiger partial charge in [0.1, 0.15) is 6.04 Å². The highest BCUT2D eigenvalue weighted by atomic mass is 35.5. The molecule has 2 amide bonds. The molecule has 2 rings (SSSR count). The van der Waals surface area contributed by atoms with Crippen molar-refractivity contribution in [2.24, 2.45) is 5.73 Å². The van der Waals surface area contributed by atoms with E-state index in [0.29, 0.717) is 10.6 Å². The highest BCUT2D eigenvalue weighted by molar-refractivity contribution is 6.30. The second-order valence-electron chi connectivity index (χ2n) is 4.89. The van der Waals surface area contributed by atoms with E-state index in [1.807, 2.05) is 0 Å². The Morgan fingerprint density at radius 3 is 2.48 bits per heavy atom. The van der Waals surface area contributed by atoms with E-state index in [1.54, 1.807) is 24.3 Å². The quantitative estimate of drug-likeness (QED) is 0.879. The second-order valence-corrected chi connectivity index (χ2v) is 5.33. The maximum absolute atomic E-state index is 13.2. The Bertz CT molecular complexity index is 753. The lowest BCUT2D eigenvalue weighted by Gasteiger charge is -2.16. The van der Waals surface area contributed by atoms with Crippen molar-refractivity contribution < 1.29 is 18.4 Å². The van der Waals surface area contributed by atoms with Gasteiger partial charge in [0.2, 0.25) is 5.91 Å². The molecule has 0 aromatic heterocycles. The van der Waals surface area contributed by atoms with Gasteiger partial charge in [0.05, 0.1) is 0 Å². The van der Waals surface area contributed by atoms with Gasteiger partial charge in [-0.3, -0.25) is 9.59 Å². The number of primary amides is 1. The van der Waals surface area contributed by atoms with Crippen molar-refractivity contribution in [1.82, 2.24) is 5.32 Å². The zero-order valence-corrected chi connectivity index (χ0v) is 12.6. The number of hydrogen-bond acceptors (Lipinski definition) is 2. The fourth-order valence-corrected chi connectivity index (χ4v) is 2.21. The van der Waals surface area contributed by atoms with E-state index >= 15 is 0 Å². The van der Waals surface area contributed by atoms with Gasteiger partial charge in [0.15, 0.2) is 11.6 Å². The van der Waals surface area contributed by atoms with Gasteiger partial charge in [0.25, 0.3) is 5.91 Å². The normalized spacial score (nSPS) is 11.8. The van der Waals surface area contributed by atoms with Crippen LogP contribution in [0.5, 0.6) is 0 Å². The van der Waals surface area contributed by atoms with Crippen molar-refractivity contribution in [3.63, 3.8) is 0 Å². The average molecular weight is 339 g/mol. The van der Waals surface area contributed by atoms with Gasteiger partial charge in [-0.05, 0) is 35.9 Å². The van der Waals surface area contributed by atoms with Crippen molar-refractivity contribution in [3.8, 4) is 0 Å². The molecule has 7 heteroatoms. The third kappa shape index (κ3) is 4.50. The maximum Gasteiger partial charge on any atom is 0.252 e. The lowest BCUT2D eigenvalue weighted by Crippen LogP contribution is -2.45. The zero-order chi connectivity index (χ0) is 17.0. The van der Waals surface area contributed by atoms with Gasteiger partial charge >= 0.3 is 0 Å². The van der Waals surface area contributed by atoms with E-state index < -0.39 is 29.5 Å². The van der Waals surface area contributed by atoms with Crippen LogP contribution < -0.4 is 11.1 Å². The second kappa shape index (κ2) is 7.19. The molecule has 2 aromatic carbocycles. The molecule has 3 N–H and O–H groups in total. The van der Waals surface area contributed by atoms with Crippen LogP contribution in [0, 0.1) is 11.6 Å². The standard InChI is InChI=1S/C16H13ClF2N2O2/c17-11-3-1-2-9(6-11)7-14(15(20)22)21-16(23)10-4-5-12(18)13(19)8-10/h1-6,8,14H,7H2,(H2,20,22)(H,21,23)/t14-/m0/s1. The van der Waals surface area contributed by atoms with Gasteiger partial charge in [-0.1, -0.05) is 23.7 Å². The zero-order valence-electron chi connectivity index (χ0n) is 11.9.